The number of carboxylic acid groups (broad SMARTS) is 1. The van der Waals surface area contributed by atoms with Gasteiger partial charge in [0.05, 0.1) is 33.8 Å². The Morgan fingerprint density at radius 2 is 1.76 bits per heavy atom. The van der Waals surface area contributed by atoms with Crippen molar-refractivity contribution in [2.24, 2.45) is 0 Å². The molecule has 0 radical (unpaired) electrons. The van der Waals surface area contributed by atoms with Gasteiger partial charge in [-0.2, -0.15) is 5.26 Å². The van der Waals surface area contributed by atoms with Gasteiger partial charge in [0, 0.05) is 23.2 Å². The van der Waals surface area contributed by atoms with Crippen molar-refractivity contribution in [1.29, 1.82) is 5.26 Å². The highest BCUT2D eigenvalue weighted by molar-refractivity contribution is 6.30. The highest BCUT2D eigenvalue weighted by Crippen LogP contribution is 2.46. The van der Waals surface area contributed by atoms with Gasteiger partial charge >= 0.3 is 5.97 Å². The zero-order chi connectivity index (χ0) is 28.7. The summed E-state index contributed by atoms with van der Waals surface area (Å²) in [4.78, 5) is 25.3. The normalized spacial score (nSPS) is 13.5. The Morgan fingerprint density at radius 3 is 2.44 bits per heavy atom. The number of amides is 1. The summed E-state index contributed by atoms with van der Waals surface area (Å²) in [6.07, 6.45) is 3.33. The minimum absolute atomic E-state index is 0.177. The number of benzene rings is 4. The number of nitrogens with one attached hydrogen (secondary N) is 1. The number of aromatic nitrogens is 1. The van der Waals surface area contributed by atoms with Gasteiger partial charge in [-0.1, -0.05) is 35.9 Å². The van der Waals surface area contributed by atoms with Crippen molar-refractivity contribution < 1.29 is 19.1 Å². The van der Waals surface area contributed by atoms with E-state index in [4.69, 9.17) is 11.6 Å². The van der Waals surface area contributed by atoms with Crippen LogP contribution in [0.3, 0.4) is 0 Å². The van der Waals surface area contributed by atoms with Crippen LogP contribution in [0.4, 0.5) is 4.39 Å². The number of nitrogens with zero attached hydrogens (tertiary/aromatic N) is 2. The fourth-order valence-corrected chi connectivity index (χ4v) is 5.51. The van der Waals surface area contributed by atoms with Gasteiger partial charge in [-0.25, -0.2) is 9.18 Å². The fourth-order valence-electron chi connectivity index (χ4n) is 5.30. The second-order valence-corrected chi connectivity index (χ2v) is 10.7. The number of nitriles is 1. The minimum atomic E-state index is -1.01. The third kappa shape index (κ3) is 5.18. The molecule has 0 saturated heterocycles. The van der Waals surface area contributed by atoms with Gasteiger partial charge in [-0.15, -0.1) is 0 Å². The molecular weight excluding hydrogens is 541 g/mol. The summed E-state index contributed by atoms with van der Waals surface area (Å²) in [6, 6.07) is 25.7. The fraction of sp³-hybridized carbons (Fsp3) is 0.121. The number of carbonyl (C=O) groups is 2. The molecule has 0 aliphatic heterocycles. The Bertz CT molecular complexity index is 1880. The average Bonchev–Trinajstić information content (AvgIpc) is 3.64. The largest absolute Gasteiger partial charge is 0.478 e. The topological polar surface area (TPSA) is 95.1 Å². The number of carbonyl (C=O) groups excluding carboxylic acids is 1. The molecule has 1 aromatic heterocycles. The molecule has 8 heteroatoms. The number of rotatable bonds is 7. The molecule has 1 saturated carbocycles. The smallest absolute Gasteiger partial charge is 0.335 e. The number of fused-ring (bicyclic) bond motifs is 1. The van der Waals surface area contributed by atoms with E-state index in [2.05, 4.69) is 5.32 Å². The quantitative estimate of drug-likeness (QED) is 0.220. The summed E-state index contributed by atoms with van der Waals surface area (Å²) < 4.78 is 16.3. The van der Waals surface area contributed by atoms with Crippen molar-refractivity contribution >= 4 is 34.4 Å². The van der Waals surface area contributed by atoms with Crippen LogP contribution in [0.15, 0.2) is 91.1 Å². The number of carboxylic acids is 1. The third-order valence-electron chi connectivity index (χ3n) is 7.49. The monoisotopic (exact) mass is 563 g/mol. The van der Waals surface area contributed by atoms with E-state index in [1.165, 1.54) is 24.3 Å². The highest BCUT2D eigenvalue weighted by Gasteiger charge is 2.46. The summed E-state index contributed by atoms with van der Waals surface area (Å²) in [7, 11) is 0. The Morgan fingerprint density at radius 1 is 1.00 bits per heavy atom. The molecule has 5 aromatic rings. The van der Waals surface area contributed by atoms with E-state index in [0.29, 0.717) is 46.6 Å². The predicted molar refractivity (Wildman–Crippen MR) is 154 cm³/mol. The molecule has 1 fully saturated rings. The van der Waals surface area contributed by atoms with Crippen LogP contribution in [0.25, 0.3) is 22.0 Å². The lowest BCUT2D eigenvalue weighted by molar-refractivity contribution is 0.0696. The van der Waals surface area contributed by atoms with Crippen molar-refractivity contribution in [3.8, 4) is 17.2 Å². The molecule has 1 aliphatic carbocycles. The van der Waals surface area contributed by atoms with Gasteiger partial charge in [0.1, 0.15) is 5.82 Å². The number of hydrogen-bond acceptors (Lipinski definition) is 3. The SMILES string of the molecule is N#Cc1cc(F)cc(-c2cc(C(=O)NC3(c4ccc(C(=O)O)cc4)CC3)c3c(ccn3Cc3cccc(Cl)c3)c2)c1. The molecule has 1 amide bonds. The maximum atomic E-state index is 14.4. The maximum Gasteiger partial charge on any atom is 0.335 e. The van der Waals surface area contributed by atoms with Crippen LogP contribution in [0.1, 0.15) is 50.2 Å². The molecule has 202 valence electrons. The first kappa shape index (κ1) is 26.3. The van der Waals surface area contributed by atoms with Gasteiger partial charge < -0.3 is 15.0 Å². The van der Waals surface area contributed by atoms with Crippen molar-refractivity contribution in [1.82, 2.24) is 9.88 Å². The molecule has 6 nitrogen and oxygen atoms in total. The molecular formula is C33H23ClFN3O3. The van der Waals surface area contributed by atoms with Crippen LogP contribution in [-0.4, -0.2) is 21.6 Å². The molecule has 4 aromatic carbocycles. The van der Waals surface area contributed by atoms with Gasteiger partial charge in [0.15, 0.2) is 0 Å². The van der Waals surface area contributed by atoms with Gasteiger partial charge in [0.2, 0.25) is 0 Å². The van der Waals surface area contributed by atoms with Crippen LogP contribution in [-0.2, 0) is 12.1 Å². The third-order valence-corrected chi connectivity index (χ3v) is 7.73. The average molecular weight is 564 g/mol. The Hall–Kier alpha value is -4.93. The van der Waals surface area contributed by atoms with Gasteiger partial charge in [-0.3, -0.25) is 4.79 Å². The van der Waals surface area contributed by atoms with E-state index in [1.807, 2.05) is 47.2 Å². The summed E-state index contributed by atoms with van der Waals surface area (Å²) in [5.74, 6) is -1.85. The molecule has 0 unspecified atom stereocenters. The van der Waals surface area contributed by atoms with Crippen LogP contribution < -0.4 is 5.32 Å². The van der Waals surface area contributed by atoms with E-state index in [1.54, 1.807) is 30.3 Å². The Kier molecular flexibility index (Phi) is 6.56. The predicted octanol–water partition coefficient (Wildman–Crippen LogP) is 7.14. The lowest BCUT2D eigenvalue weighted by atomic mass is 9.97. The van der Waals surface area contributed by atoms with E-state index >= 15 is 0 Å². The minimum Gasteiger partial charge on any atom is -0.478 e. The zero-order valence-corrected chi connectivity index (χ0v) is 22.5. The molecule has 6 rings (SSSR count). The standard InChI is InChI=1S/C33H23ClFN3O3/c34-27-3-1-2-20(13-27)19-38-11-8-23-15-25(24-12-21(18-36)14-28(35)16-24)17-29(30(23)38)31(39)37-33(9-10-33)26-6-4-22(5-7-26)32(40)41/h1-8,11-17H,9-10,19H2,(H,37,39)(H,40,41). The summed E-state index contributed by atoms with van der Waals surface area (Å²) in [5, 5.41) is 23.2. The zero-order valence-electron chi connectivity index (χ0n) is 21.7. The first-order chi connectivity index (χ1) is 19.7. The molecule has 0 atom stereocenters. The Labute approximate surface area is 240 Å². The lowest BCUT2D eigenvalue weighted by Crippen LogP contribution is -2.35. The van der Waals surface area contributed by atoms with Crippen LogP contribution in [0.5, 0.6) is 0 Å². The number of hydrogen-bond donors (Lipinski definition) is 2. The lowest BCUT2D eigenvalue weighted by Gasteiger charge is -2.20. The first-order valence-electron chi connectivity index (χ1n) is 13.0. The first-order valence-corrected chi connectivity index (χ1v) is 13.4. The van der Waals surface area contributed by atoms with Gasteiger partial charge in [0.25, 0.3) is 5.91 Å². The summed E-state index contributed by atoms with van der Waals surface area (Å²) in [5.41, 5.74) is 3.77. The van der Waals surface area contributed by atoms with E-state index in [9.17, 15) is 24.3 Å². The van der Waals surface area contributed by atoms with Crippen LogP contribution in [0, 0.1) is 17.1 Å². The van der Waals surface area contributed by atoms with Crippen molar-refractivity contribution in [3.05, 3.63) is 130 Å². The van der Waals surface area contributed by atoms with Crippen molar-refractivity contribution in [2.75, 3.05) is 0 Å². The van der Waals surface area contributed by atoms with Crippen LogP contribution in [0.2, 0.25) is 5.02 Å². The maximum absolute atomic E-state index is 14.4. The summed E-state index contributed by atoms with van der Waals surface area (Å²) >= 11 is 6.22. The van der Waals surface area contributed by atoms with E-state index < -0.39 is 17.3 Å². The van der Waals surface area contributed by atoms with Crippen molar-refractivity contribution in [2.45, 2.75) is 24.9 Å². The second-order valence-electron chi connectivity index (χ2n) is 10.3. The molecule has 1 heterocycles. The Balaban J connectivity index is 1.44. The highest BCUT2D eigenvalue weighted by atomic mass is 35.5. The van der Waals surface area contributed by atoms with Crippen molar-refractivity contribution in [3.63, 3.8) is 0 Å². The summed E-state index contributed by atoms with van der Waals surface area (Å²) in [6.45, 7) is 0.476. The molecule has 0 spiro atoms. The molecule has 1 aliphatic rings. The van der Waals surface area contributed by atoms with E-state index in [-0.39, 0.29) is 17.0 Å². The second kappa shape index (κ2) is 10.2. The van der Waals surface area contributed by atoms with Crippen LogP contribution >= 0.6 is 11.6 Å². The molecule has 0 bridgehead atoms. The number of halogens is 2. The number of aromatic carboxylic acids is 1. The molecule has 2 N–H and O–H groups in total. The molecule has 41 heavy (non-hydrogen) atoms. The van der Waals surface area contributed by atoms with E-state index in [0.717, 1.165) is 16.5 Å². The van der Waals surface area contributed by atoms with Gasteiger partial charge in [-0.05, 0) is 95.8 Å².